The number of aromatic nitrogens is 2. The second-order valence-electron chi connectivity index (χ2n) is 9.65. The van der Waals surface area contributed by atoms with E-state index in [-0.39, 0.29) is 47.9 Å². The van der Waals surface area contributed by atoms with Crippen LogP contribution in [0.3, 0.4) is 0 Å². The first-order valence-corrected chi connectivity index (χ1v) is 13.6. The van der Waals surface area contributed by atoms with Gasteiger partial charge in [-0.25, -0.2) is 9.37 Å². The van der Waals surface area contributed by atoms with Gasteiger partial charge in [0.25, 0.3) is 5.56 Å². The molecule has 0 spiro atoms. The molecule has 0 unspecified atom stereocenters. The fourth-order valence-electron chi connectivity index (χ4n) is 3.50. The summed E-state index contributed by atoms with van der Waals surface area (Å²) in [5.74, 6) is -1.74. The number of halogens is 1. The Labute approximate surface area is 226 Å². The highest BCUT2D eigenvalue weighted by molar-refractivity contribution is 7.90. The van der Waals surface area contributed by atoms with Gasteiger partial charge in [0.05, 0.1) is 22.9 Å². The van der Waals surface area contributed by atoms with E-state index in [1.165, 1.54) is 36.1 Å². The number of carbonyl (C=O) groups excluding carboxylic acids is 1. The Morgan fingerprint density at radius 2 is 1.97 bits per heavy atom. The van der Waals surface area contributed by atoms with Crippen molar-refractivity contribution in [3.63, 3.8) is 0 Å². The van der Waals surface area contributed by atoms with Crippen molar-refractivity contribution >= 4 is 32.8 Å². The van der Waals surface area contributed by atoms with Crippen LogP contribution in [0.1, 0.15) is 46.1 Å². The van der Waals surface area contributed by atoms with Crippen molar-refractivity contribution in [1.82, 2.24) is 13.9 Å². The maximum atomic E-state index is 14.7. The predicted octanol–water partition coefficient (Wildman–Crippen LogP) is 3.93. The standard InChI is InChI=1S/C26H30FN5O6S/c1-6-31(5)39(35,36)30-22-12-10-20(27)24(19(22)15-28)37-17-9-11-21-18(14-17)25(34)32(16-29-21)13-7-8-23(33)38-26(2,3)4/h9-12,14,16,30H,6-8,13H2,1-5H3. The Morgan fingerprint density at radius 1 is 1.26 bits per heavy atom. The summed E-state index contributed by atoms with van der Waals surface area (Å²) in [6, 6.07) is 8.19. The number of fused-ring (bicyclic) bond motifs is 1. The molecule has 0 fully saturated rings. The molecule has 208 valence electrons. The average molecular weight is 560 g/mol. The van der Waals surface area contributed by atoms with E-state index >= 15 is 0 Å². The Bertz CT molecular complexity index is 1590. The van der Waals surface area contributed by atoms with Crippen LogP contribution in [0.25, 0.3) is 10.9 Å². The van der Waals surface area contributed by atoms with Crippen molar-refractivity contribution in [2.45, 2.75) is 52.7 Å². The van der Waals surface area contributed by atoms with Crippen molar-refractivity contribution in [3.8, 4) is 17.6 Å². The number of carbonyl (C=O) groups is 1. The van der Waals surface area contributed by atoms with E-state index in [2.05, 4.69) is 9.71 Å². The molecule has 0 saturated heterocycles. The molecule has 2 aromatic carbocycles. The normalized spacial score (nSPS) is 11.8. The van der Waals surface area contributed by atoms with Gasteiger partial charge in [-0.2, -0.15) is 18.0 Å². The fraction of sp³-hybridized carbons (Fsp3) is 0.385. The van der Waals surface area contributed by atoms with Crippen molar-refractivity contribution in [2.24, 2.45) is 0 Å². The minimum absolute atomic E-state index is 0.0361. The molecule has 11 nitrogen and oxygen atoms in total. The third kappa shape index (κ3) is 7.30. The van der Waals surface area contributed by atoms with Gasteiger partial charge in [0.1, 0.15) is 23.0 Å². The fourth-order valence-corrected chi connectivity index (χ4v) is 4.45. The highest BCUT2D eigenvalue weighted by atomic mass is 32.2. The summed E-state index contributed by atoms with van der Waals surface area (Å²) in [4.78, 5) is 29.3. The molecular weight excluding hydrogens is 529 g/mol. The largest absolute Gasteiger partial charge is 0.460 e. The summed E-state index contributed by atoms with van der Waals surface area (Å²) < 4.78 is 55.2. The van der Waals surface area contributed by atoms with Crippen LogP contribution < -0.4 is 15.0 Å². The third-order valence-corrected chi connectivity index (χ3v) is 7.09. The molecular formula is C26H30FN5O6S. The van der Waals surface area contributed by atoms with Crippen LogP contribution in [0.2, 0.25) is 0 Å². The molecule has 13 heteroatoms. The van der Waals surface area contributed by atoms with E-state index in [0.717, 1.165) is 16.4 Å². The summed E-state index contributed by atoms with van der Waals surface area (Å²) in [7, 11) is -2.64. The molecule has 1 heterocycles. The maximum absolute atomic E-state index is 14.7. The second-order valence-corrected chi connectivity index (χ2v) is 11.4. The van der Waals surface area contributed by atoms with Gasteiger partial charge in [0.15, 0.2) is 11.6 Å². The Morgan fingerprint density at radius 3 is 2.62 bits per heavy atom. The summed E-state index contributed by atoms with van der Waals surface area (Å²) in [6.07, 6.45) is 1.84. The second kappa shape index (κ2) is 11.8. The molecule has 0 saturated carbocycles. The van der Waals surface area contributed by atoms with Gasteiger partial charge >= 0.3 is 16.2 Å². The molecule has 0 aliphatic heterocycles. The first-order chi connectivity index (χ1) is 18.3. The van der Waals surface area contributed by atoms with E-state index < -0.39 is 32.9 Å². The average Bonchev–Trinajstić information content (AvgIpc) is 2.86. The maximum Gasteiger partial charge on any atom is 0.306 e. The van der Waals surface area contributed by atoms with E-state index in [1.54, 1.807) is 33.8 Å². The molecule has 1 aromatic heterocycles. The van der Waals surface area contributed by atoms with Gasteiger partial charge < -0.3 is 9.47 Å². The number of rotatable bonds is 10. The molecule has 39 heavy (non-hydrogen) atoms. The first kappa shape index (κ1) is 29.5. The molecule has 3 rings (SSSR count). The van der Waals surface area contributed by atoms with Crippen LogP contribution in [0.15, 0.2) is 41.5 Å². The number of nitriles is 1. The highest BCUT2D eigenvalue weighted by Crippen LogP contribution is 2.34. The van der Waals surface area contributed by atoms with Gasteiger partial charge in [-0.05, 0) is 57.5 Å². The third-order valence-electron chi connectivity index (χ3n) is 5.53. The summed E-state index contributed by atoms with van der Waals surface area (Å²) >= 11 is 0. The number of nitrogens with one attached hydrogen (secondary N) is 1. The van der Waals surface area contributed by atoms with Crippen LogP contribution in [-0.2, 0) is 26.3 Å². The predicted molar refractivity (Wildman–Crippen MR) is 143 cm³/mol. The minimum Gasteiger partial charge on any atom is -0.460 e. The van der Waals surface area contributed by atoms with Gasteiger partial charge in [-0.1, -0.05) is 6.92 Å². The summed E-state index contributed by atoms with van der Waals surface area (Å²) in [6.45, 7) is 7.33. The molecule has 0 aliphatic carbocycles. The number of benzene rings is 2. The summed E-state index contributed by atoms with van der Waals surface area (Å²) in [5, 5.41) is 9.86. The zero-order valence-electron chi connectivity index (χ0n) is 22.3. The topological polar surface area (TPSA) is 144 Å². The molecule has 0 aliphatic rings. The SMILES string of the molecule is CCN(C)S(=O)(=O)Nc1ccc(F)c(Oc2ccc3ncn(CCCC(=O)OC(C)(C)C)c(=O)c3c2)c1C#N. The van der Waals surface area contributed by atoms with Crippen molar-refractivity contribution in [2.75, 3.05) is 18.3 Å². The number of hydrogen-bond acceptors (Lipinski definition) is 8. The molecule has 0 bridgehead atoms. The zero-order chi connectivity index (χ0) is 29.0. The first-order valence-electron chi connectivity index (χ1n) is 12.1. The number of hydrogen-bond donors (Lipinski definition) is 1. The van der Waals surface area contributed by atoms with Crippen molar-refractivity contribution < 1.29 is 27.1 Å². The Kier molecular flexibility index (Phi) is 8.93. The number of esters is 1. The number of anilines is 1. The van der Waals surface area contributed by atoms with E-state index in [0.29, 0.717) is 11.9 Å². The molecule has 0 atom stereocenters. The quantitative estimate of drug-likeness (QED) is 0.368. The van der Waals surface area contributed by atoms with Crippen LogP contribution in [0, 0.1) is 17.1 Å². The van der Waals surface area contributed by atoms with Crippen LogP contribution in [-0.4, -0.2) is 47.4 Å². The molecule has 1 N–H and O–H groups in total. The van der Waals surface area contributed by atoms with E-state index in [4.69, 9.17) is 9.47 Å². The van der Waals surface area contributed by atoms with Gasteiger partial charge in [-0.15, -0.1) is 0 Å². The lowest BCUT2D eigenvalue weighted by molar-refractivity contribution is -0.154. The minimum atomic E-state index is -3.99. The smallest absolute Gasteiger partial charge is 0.306 e. The lowest BCUT2D eigenvalue weighted by Crippen LogP contribution is -2.32. The lowest BCUT2D eigenvalue weighted by atomic mass is 10.1. The zero-order valence-corrected chi connectivity index (χ0v) is 23.1. The monoisotopic (exact) mass is 559 g/mol. The molecule has 0 amide bonds. The van der Waals surface area contributed by atoms with Crippen LogP contribution in [0.4, 0.5) is 10.1 Å². The molecule has 3 aromatic rings. The van der Waals surface area contributed by atoms with E-state index in [1.807, 2.05) is 0 Å². The van der Waals surface area contributed by atoms with E-state index in [9.17, 15) is 27.7 Å². The highest BCUT2D eigenvalue weighted by Gasteiger charge is 2.22. The molecule has 0 radical (unpaired) electrons. The van der Waals surface area contributed by atoms with Crippen LogP contribution in [0.5, 0.6) is 11.5 Å². The number of ether oxygens (including phenoxy) is 2. The van der Waals surface area contributed by atoms with Gasteiger partial charge in [-0.3, -0.25) is 18.9 Å². The van der Waals surface area contributed by atoms with Crippen molar-refractivity contribution in [3.05, 3.63) is 58.4 Å². The Balaban J connectivity index is 1.88. The summed E-state index contributed by atoms with van der Waals surface area (Å²) in [5.41, 5.74) is -1.17. The van der Waals surface area contributed by atoms with Gasteiger partial charge in [0, 0.05) is 26.6 Å². The number of aryl methyl sites for hydroxylation is 1. The van der Waals surface area contributed by atoms with Crippen molar-refractivity contribution in [1.29, 1.82) is 5.26 Å². The lowest BCUT2D eigenvalue weighted by Gasteiger charge is -2.19. The Hall–Kier alpha value is -4.02. The van der Waals surface area contributed by atoms with Crippen LogP contribution >= 0.6 is 0 Å². The number of nitrogens with zero attached hydrogens (tertiary/aromatic N) is 4. The van der Waals surface area contributed by atoms with Gasteiger partial charge in [0.2, 0.25) is 0 Å².